The molecule has 116 valence electrons. The van der Waals surface area contributed by atoms with Gasteiger partial charge in [-0.15, -0.1) is 0 Å². The molecule has 21 heavy (non-hydrogen) atoms. The normalized spacial score (nSPS) is 13.0. The Bertz CT molecular complexity index is 605. The first-order valence-corrected chi connectivity index (χ1v) is 6.95. The zero-order valence-corrected chi connectivity index (χ0v) is 13.0. The van der Waals surface area contributed by atoms with Gasteiger partial charge in [0.2, 0.25) is 0 Å². The fourth-order valence-corrected chi connectivity index (χ4v) is 2.34. The molecule has 0 aliphatic carbocycles. The van der Waals surface area contributed by atoms with Crippen molar-refractivity contribution in [2.75, 3.05) is 19.3 Å². The molecule has 0 bridgehead atoms. The van der Waals surface area contributed by atoms with E-state index in [1.807, 2.05) is 38.8 Å². The number of aliphatic hydroxyl groups is 1. The summed E-state index contributed by atoms with van der Waals surface area (Å²) in [6, 6.07) is 1.89. The van der Waals surface area contributed by atoms with Crippen LogP contribution in [0.1, 0.15) is 22.8 Å². The second-order valence-electron chi connectivity index (χ2n) is 5.55. The monoisotopic (exact) mass is 293 g/mol. The molecule has 2 heterocycles. The maximum atomic E-state index is 10.2. The average molecular weight is 293 g/mol. The third kappa shape index (κ3) is 3.83. The van der Waals surface area contributed by atoms with Gasteiger partial charge in [0.25, 0.3) is 0 Å². The van der Waals surface area contributed by atoms with Crippen LogP contribution in [0, 0.1) is 20.8 Å². The topological polar surface area (TPSA) is 93.3 Å². The van der Waals surface area contributed by atoms with Crippen LogP contribution in [-0.2, 0) is 13.1 Å². The summed E-state index contributed by atoms with van der Waals surface area (Å²) in [5.74, 6) is 0.789. The van der Waals surface area contributed by atoms with Gasteiger partial charge in [-0.2, -0.15) is 5.10 Å². The van der Waals surface area contributed by atoms with Crippen molar-refractivity contribution in [1.29, 1.82) is 0 Å². The second-order valence-corrected chi connectivity index (χ2v) is 5.55. The Morgan fingerprint density at radius 3 is 2.67 bits per heavy atom. The van der Waals surface area contributed by atoms with Gasteiger partial charge in [0.1, 0.15) is 5.76 Å². The quantitative estimate of drug-likeness (QED) is 0.821. The molecule has 3 N–H and O–H groups in total. The van der Waals surface area contributed by atoms with Crippen LogP contribution in [0.25, 0.3) is 0 Å². The Morgan fingerprint density at radius 1 is 1.43 bits per heavy atom. The van der Waals surface area contributed by atoms with Crippen LogP contribution in [-0.4, -0.2) is 44.6 Å². The first-order chi connectivity index (χ1) is 9.86. The SMILES string of the molecule is Cc1cc(CN(C)CC(O)Cn2nc(C)c(N)c2C)no1. The Morgan fingerprint density at radius 2 is 2.14 bits per heavy atom. The van der Waals surface area contributed by atoms with Crippen LogP contribution in [0.5, 0.6) is 0 Å². The van der Waals surface area contributed by atoms with Crippen molar-refractivity contribution < 1.29 is 9.63 Å². The molecular formula is C14H23N5O2. The van der Waals surface area contributed by atoms with Gasteiger partial charge in [0.05, 0.1) is 35.4 Å². The fraction of sp³-hybridized carbons (Fsp3) is 0.571. The molecule has 2 aromatic heterocycles. The number of hydrogen-bond acceptors (Lipinski definition) is 6. The third-order valence-electron chi connectivity index (χ3n) is 3.45. The highest BCUT2D eigenvalue weighted by Gasteiger charge is 2.14. The van der Waals surface area contributed by atoms with Crippen LogP contribution in [0.3, 0.4) is 0 Å². The van der Waals surface area contributed by atoms with E-state index in [0.717, 1.165) is 22.8 Å². The van der Waals surface area contributed by atoms with Gasteiger partial charge in [-0.25, -0.2) is 0 Å². The highest BCUT2D eigenvalue weighted by atomic mass is 16.5. The average Bonchev–Trinajstić information content (AvgIpc) is 2.89. The van der Waals surface area contributed by atoms with Gasteiger partial charge in [-0.05, 0) is 27.8 Å². The van der Waals surface area contributed by atoms with Gasteiger partial charge in [-0.3, -0.25) is 9.58 Å². The maximum Gasteiger partial charge on any atom is 0.133 e. The summed E-state index contributed by atoms with van der Waals surface area (Å²) in [4.78, 5) is 2.00. The largest absolute Gasteiger partial charge is 0.396 e. The number of aliphatic hydroxyl groups excluding tert-OH is 1. The molecule has 0 aliphatic heterocycles. The number of aryl methyl sites for hydroxylation is 2. The summed E-state index contributed by atoms with van der Waals surface area (Å²) in [6.07, 6.45) is -0.527. The molecule has 0 aromatic carbocycles. The summed E-state index contributed by atoms with van der Waals surface area (Å²) in [5.41, 5.74) is 9.12. The number of nitrogens with zero attached hydrogens (tertiary/aromatic N) is 4. The zero-order chi connectivity index (χ0) is 15.6. The van der Waals surface area contributed by atoms with Crippen LogP contribution in [0.4, 0.5) is 5.69 Å². The maximum absolute atomic E-state index is 10.2. The lowest BCUT2D eigenvalue weighted by Gasteiger charge is -2.19. The van der Waals surface area contributed by atoms with Crippen molar-refractivity contribution in [2.24, 2.45) is 0 Å². The smallest absolute Gasteiger partial charge is 0.133 e. The summed E-state index contributed by atoms with van der Waals surface area (Å²) in [6.45, 7) is 7.20. The van der Waals surface area contributed by atoms with E-state index in [0.29, 0.717) is 25.3 Å². The third-order valence-corrected chi connectivity index (χ3v) is 3.45. The van der Waals surface area contributed by atoms with E-state index in [9.17, 15) is 5.11 Å². The molecule has 0 amide bonds. The van der Waals surface area contributed by atoms with Gasteiger partial charge in [0.15, 0.2) is 0 Å². The van der Waals surface area contributed by atoms with Crippen molar-refractivity contribution >= 4 is 5.69 Å². The Labute approximate surface area is 124 Å². The zero-order valence-electron chi connectivity index (χ0n) is 13.0. The molecule has 0 spiro atoms. The van der Waals surface area contributed by atoms with E-state index >= 15 is 0 Å². The first kappa shape index (κ1) is 15.5. The first-order valence-electron chi connectivity index (χ1n) is 6.95. The van der Waals surface area contributed by atoms with E-state index in [-0.39, 0.29) is 0 Å². The minimum atomic E-state index is -0.527. The minimum absolute atomic E-state index is 0.423. The molecule has 0 radical (unpaired) electrons. The highest BCUT2D eigenvalue weighted by Crippen LogP contribution is 2.15. The number of anilines is 1. The molecular weight excluding hydrogens is 270 g/mol. The molecule has 1 atom stereocenters. The molecule has 2 rings (SSSR count). The van der Waals surface area contributed by atoms with Crippen LogP contribution in [0.15, 0.2) is 10.6 Å². The number of aromatic nitrogens is 3. The van der Waals surface area contributed by atoms with Crippen molar-refractivity contribution in [3.63, 3.8) is 0 Å². The van der Waals surface area contributed by atoms with Gasteiger partial charge in [0, 0.05) is 19.2 Å². The Kier molecular flexibility index (Phi) is 4.64. The van der Waals surface area contributed by atoms with E-state index in [1.54, 1.807) is 4.68 Å². The molecule has 2 aromatic rings. The summed E-state index contributed by atoms with van der Waals surface area (Å²) in [5, 5.41) is 18.5. The summed E-state index contributed by atoms with van der Waals surface area (Å²) >= 11 is 0. The van der Waals surface area contributed by atoms with Crippen molar-refractivity contribution in [3.05, 3.63) is 28.9 Å². The highest BCUT2D eigenvalue weighted by molar-refractivity contribution is 5.46. The van der Waals surface area contributed by atoms with Gasteiger partial charge >= 0.3 is 0 Å². The number of nitrogen functional groups attached to an aromatic ring is 1. The van der Waals surface area contributed by atoms with E-state index in [4.69, 9.17) is 10.3 Å². The predicted octanol–water partition coefficient (Wildman–Crippen LogP) is 0.871. The molecule has 0 saturated carbocycles. The predicted molar refractivity (Wildman–Crippen MR) is 79.7 cm³/mol. The number of nitrogens with two attached hydrogens (primary N) is 1. The van der Waals surface area contributed by atoms with E-state index in [2.05, 4.69) is 10.3 Å². The molecule has 7 nitrogen and oxygen atoms in total. The lowest BCUT2D eigenvalue weighted by atomic mass is 10.3. The molecule has 0 saturated heterocycles. The van der Waals surface area contributed by atoms with Crippen molar-refractivity contribution in [2.45, 2.75) is 40.0 Å². The van der Waals surface area contributed by atoms with Gasteiger partial charge in [-0.1, -0.05) is 5.16 Å². The lowest BCUT2D eigenvalue weighted by Crippen LogP contribution is -2.32. The van der Waals surface area contributed by atoms with Crippen LogP contribution in [0.2, 0.25) is 0 Å². The van der Waals surface area contributed by atoms with E-state index in [1.165, 1.54) is 0 Å². The standard InChI is InChI=1S/C14H23N5O2/c1-9-5-12(17-21-9)6-18(4)7-13(20)8-19-11(3)14(15)10(2)16-19/h5,13,20H,6-8,15H2,1-4H3. The fourth-order valence-electron chi connectivity index (χ4n) is 2.34. The summed E-state index contributed by atoms with van der Waals surface area (Å²) in [7, 11) is 1.93. The molecule has 0 fully saturated rings. The molecule has 7 heteroatoms. The Balaban J connectivity index is 1.88. The van der Waals surface area contributed by atoms with Crippen LogP contribution < -0.4 is 5.73 Å². The summed E-state index contributed by atoms with van der Waals surface area (Å²) < 4.78 is 6.78. The lowest BCUT2D eigenvalue weighted by molar-refractivity contribution is 0.102. The second kappa shape index (κ2) is 6.28. The van der Waals surface area contributed by atoms with Crippen LogP contribution >= 0.6 is 0 Å². The van der Waals surface area contributed by atoms with Crippen molar-refractivity contribution in [3.8, 4) is 0 Å². The number of rotatable bonds is 6. The van der Waals surface area contributed by atoms with Crippen molar-refractivity contribution in [1.82, 2.24) is 19.8 Å². The minimum Gasteiger partial charge on any atom is -0.396 e. The molecule has 0 aliphatic rings. The number of hydrogen-bond donors (Lipinski definition) is 2. The Hall–Kier alpha value is -1.86. The van der Waals surface area contributed by atoms with E-state index < -0.39 is 6.10 Å². The number of likely N-dealkylation sites (N-methyl/N-ethyl adjacent to an activating group) is 1. The van der Waals surface area contributed by atoms with Gasteiger partial charge < -0.3 is 15.4 Å². The molecule has 1 unspecified atom stereocenters.